The fourth-order valence-electron chi connectivity index (χ4n) is 1.65. The minimum atomic E-state index is -0.459. The third-order valence-electron chi connectivity index (χ3n) is 2.73. The summed E-state index contributed by atoms with van der Waals surface area (Å²) in [6.07, 6.45) is 1.60. The smallest absolute Gasteiger partial charge is 0.293 e. The van der Waals surface area contributed by atoms with Crippen molar-refractivity contribution in [3.8, 4) is 0 Å². The second kappa shape index (κ2) is 7.67. The van der Waals surface area contributed by atoms with Gasteiger partial charge in [-0.1, -0.05) is 18.5 Å². The van der Waals surface area contributed by atoms with E-state index < -0.39 is 4.92 Å². The van der Waals surface area contributed by atoms with Gasteiger partial charge in [0.25, 0.3) is 5.69 Å². The van der Waals surface area contributed by atoms with Gasteiger partial charge in [-0.15, -0.1) is 0 Å². The molecule has 0 saturated carbocycles. The molecule has 0 saturated heterocycles. The van der Waals surface area contributed by atoms with E-state index >= 15 is 0 Å². The summed E-state index contributed by atoms with van der Waals surface area (Å²) < 4.78 is 0.616. The monoisotopic (exact) mass is 350 g/mol. The van der Waals surface area contributed by atoms with Gasteiger partial charge in [0.1, 0.15) is 5.69 Å². The van der Waals surface area contributed by atoms with Crippen molar-refractivity contribution in [1.29, 1.82) is 0 Å². The fourth-order valence-corrected chi connectivity index (χ4v) is 2.16. The number of aliphatic hydroxyl groups is 1. The fraction of sp³-hybridized carbons (Fsp3) is 0.500. The Morgan fingerprint density at radius 1 is 1.58 bits per heavy atom. The Balaban J connectivity index is 2.77. The molecule has 106 valence electrons. The van der Waals surface area contributed by atoms with Gasteiger partial charge in [-0.3, -0.25) is 10.1 Å². The number of nitro benzene ring substituents is 1. The van der Waals surface area contributed by atoms with Gasteiger partial charge in [-0.25, -0.2) is 0 Å². The first kappa shape index (κ1) is 16.2. The van der Waals surface area contributed by atoms with E-state index in [4.69, 9.17) is 16.7 Å². The second-order valence-corrected chi connectivity index (χ2v) is 5.65. The van der Waals surface area contributed by atoms with Gasteiger partial charge in [0.2, 0.25) is 0 Å². The number of hydrogen-bond acceptors (Lipinski definition) is 4. The number of nitrogens with zero attached hydrogens (tertiary/aromatic N) is 1. The predicted molar refractivity (Wildman–Crippen MR) is 79.8 cm³/mol. The summed E-state index contributed by atoms with van der Waals surface area (Å²) >= 11 is 9.10. The standard InChI is InChI=1S/C12H16BrClN2O3/c1-8(3-2-4-17)7-15-11-5-9(13)10(14)6-12(11)16(18)19/h5-6,8,15,17H,2-4,7H2,1H3/t8-/m1/s1. The molecule has 0 bridgehead atoms. The number of aliphatic hydroxyl groups excluding tert-OH is 1. The van der Waals surface area contributed by atoms with Gasteiger partial charge in [0, 0.05) is 23.7 Å². The quantitative estimate of drug-likeness (QED) is 0.578. The van der Waals surface area contributed by atoms with E-state index in [1.165, 1.54) is 6.07 Å². The zero-order valence-electron chi connectivity index (χ0n) is 10.5. The molecule has 0 aromatic heterocycles. The number of nitro groups is 1. The highest BCUT2D eigenvalue weighted by atomic mass is 79.9. The van der Waals surface area contributed by atoms with Gasteiger partial charge >= 0.3 is 0 Å². The summed E-state index contributed by atoms with van der Waals surface area (Å²) in [7, 11) is 0. The lowest BCUT2D eigenvalue weighted by Crippen LogP contribution is -2.12. The number of benzene rings is 1. The average molecular weight is 352 g/mol. The van der Waals surface area contributed by atoms with Crippen molar-refractivity contribution in [2.24, 2.45) is 5.92 Å². The highest BCUT2D eigenvalue weighted by Gasteiger charge is 2.17. The Morgan fingerprint density at radius 2 is 2.26 bits per heavy atom. The SMILES string of the molecule is C[C@H](CCCO)CNc1cc(Br)c(Cl)cc1[N+](=O)[O-]. The maximum absolute atomic E-state index is 11.0. The van der Waals surface area contributed by atoms with Crippen molar-refractivity contribution in [1.82, 2.24) is 0 Å². The lowest BCUT2D eigenvalue weighted by Gasteiger charge is -2.13. The van der Waals surface area contributed by atoms with Crippen LogP contribution < -0.4 is 5.32 Å². The van der Waals surface area contributed by atoms with Crippen LogP contribution in [0.15, 0.2) is 16.6 Å². The van der Waals surface area contributed by atoms with Gasteiger partial charge in [0.05, 0.1) is 9.95 Å². The van der Waals surface area contributed by atoms with Crippen LogP contribution in [-0.2, 0) is 0 Å². The normalized spacial score (nSPS) is 12.2. The van der Waals surface area contributed by atoms with Crippen molar-refractivity contribution in [3.63, 3.8) is 0 Å². The Kier molecular flexibility index (Phi) is 6.54. The first-order valence-corrected chi connectivity index (χ1v) is 7.11. The van der Waals surface area contributed by atoms with Crippen LogP contribution in [0.25, 0.3) is 0 Å². The van der Waals surface area contributed by atoms with E-state index in [2.05, 4.69) is 21.2 Å². The van der Waals surface area contributed by atoms with E-state index in [1.54, 1.807) is 6.07 Å². The molecule has 2 N–H and O–H groups in total. The molecule has 0 aliphatic carbocycles. The van der Waals surface area contributed by atoms with Crippen LogP contribution in [0.5, 0.6) is 0 Å². The van der Waals surface area contributed by atoms with Gasteiger partial charge in [-0.05, 0) is 40.8 Å². The summed E-state index contributed by atoms with van der Waals surface area (Å²) in [5.74, 6) is 0.321. The second-order valence-electron chi connectivity index (χ2n) is 4.39. The molecular formula is C12H16BrClN2O3. The van der Waals surface area contributed by atoms with E-state index in [1.807, 2.05) is 6.92 Å². The first-order valence-electron chi connectivity index (χ1n) is 5.94. The Hall–Kier alpha value is -0.850. The molecule has 0 aliphatic heterocycles. The van der Waals surface area contributed by atoms with E-state index in [0.29, 0.717) is 27.6 Å². The van der Waals surface area contributed by atoms with E-state index in [0.717, 1.165) is 12.8 Å². The molecule has 0 spiro atoms. The topological polar surface area (TPSA) is 75.4 Å². The lowest BCUT2D eigenvalue weighted by atomic mass is 10.1. The van der Waals surface area contributed by atoms with Crippen molar-refractivity contribution in [2.75, 3.05) is 18.5 Å². The summed E-state index contributed by atoms with van der Waals surface area (Å²) in [5.41, 5.74) is 0.402. The average Bonchev–Trinajstić information content (AvgIpc) is 2.36. The van der Waals surface area contributed by atoms with Gasteiger partial charge < -0.3 is 10.4 Å². The van der Waals surface area contributed by atoms with Crippen LogP contribution in [0.1, 0.15) is 19.8 Å². The molecule has 19 heavy (non-hydrogen) atoms. The first-order chi connectivity index (χ1) is 8.95. The van der Waals surface area contributed by atoms with Crippen molar-refractivity contribution < 1.29 is 10.0 Å². The summed E-state index contributed by atoms with van der Waals surface area (Å²) in [5, 5.41) is 23.1. The number of hydrogen-bond donors (Lipinski definition) is 2. The summed E-state index contributed by atoms with van der Waals surface area (Å²) in [6, 6.07) is 2.94. The molecule has 0 amide bonds. The Labute approximate surface area is 125 Å². The van der Waals surface area contributed by atoms with Crippen molar-refractivity contribution >= 4 is 38.9 Å². The van der Waals surface area contributed by atoms with Gasteiger partial charge in [0.15, 0.2) is 0 Å². The van der Waals surface area contributed by atoms with Crippen molar-refractivity contribution in [2.45, 2.75) is 19.8 Å². The van der Waals surface area contributed by atoms with Crippen LogP contribution in [-0.4, -0.2) is 23.2 Å². The molecule has 5 nitrogen and oxygen atoms in total. The lowest BCUT2D eigenvalue weighted by molar-refractivity contribution is -0.384. The van der Waals surface area contributed by atoms with Crippen LogP contribution in [0, 0.1) is 16.0 Å². The molecule has 1 aromatic rings. The molecule has 0 radical (unpaired) electrons. The zero-order valence-corrected chi connectivity index (χ0v) is 12.9. The number of nitrogens with one attached hydrogen (secondary N) is 1. The molecule has 1 atom stereocenters. The maximum Gasteiger partial charge on any atom is 0.293 e. The molecule has 7 heteroatoms. The minimum Gasteiger partial charge on any atom is -0.396 e. The Bertz CT molecular complexity index is 457. The number of rotatable bonds is 7. The molecule has 1 aromatic carbocycles. The zero-order chi connectivity index (χ0) is 14.4. The predicted octanol–water partition coefficient (Wildman–Crippen LogP) is 3.83. The molecule has 0 aliphatic rings. The largest absolute Gasteiger partial charge is 0.396 e. The summed E-state index contributed by atoms with van der Waals surface area (Å²) in [6.45, 7) is 2.80. The molecule has 0 fully saturated rings. The van der Waals surface area contributed by atoms with E-state index in [-0.39, 0.29) is 12.3 Å². The molecule has 0 heterocycles. The summed E-state index contributed by atoms with van der Waals surface area (Å²) in [4.78, 5) is 10.5. The molecule has 1 rings (SSSR count). The van der Waals surface area contributed by atoms with Crippen LogP contribution >= 0.6 is 27.5 Å². The third-order valence-corrected chi connectivity index (χ3v) is 3.93. The number of anilines is 1. The van der Waals surface area contributed by atoms with E-state index in [9.17, 15) is 10.1 Å². The Morgan fingerprint density at radius 3 is 2.84 bits per heavy atom. The maximum atomic E-state index is 11.0. The van der Waals surface area contributed by atoms with Crippen molar-refractivity contribution in [3.05, 3.63) is 31.7 Å². The van der Waals surface area contributed by atoms with Gasteiger partial charge in [-0.2, -0.15) is 0 Å². The van der Waals surface area contributed by atoms with Crippen LogP contribution in [0.2, 0.25) is 5.02 Å². The third kappa shape index (κ3) is 4.97. The van der Waals surface area contributed by atoms with Crippen LogP contribution in [0.3, 0.4) is 0 Å². The molecular weight excluding hydrogens is 336 g/mol. The highest BCUT2D eigenvalue weighted by Crippen LogP contribution is 2.34. The minimum absolute atomic E-state index is 0.0393. The molecule has 0 unspecified atom stereocenters. The highest BCUT2D eigenvalue weighted by molar-refractivity contribution is 9.10. The van der Waals surface area contributed by atoms with Crippen LogP contribution in [0.4, 0.5) is 11.4 Å². The number of halogens is 2.